The molecule has 0 bridgehead atoms. The lowest BCUT2D eigenvalue weighted by Crippen LogP contribution is -2.51. The van der Waals surface area contributed by atoms with Gasteiger partial charge < -0.3 is 19.9 Å². The lowest BCUT2D eigenvalue weighted by Gasteiger charge is -2.41. The normalized spacial score (nSPS) is 21.2. The molecule has 1 fully saturated rings. The predicted octanol–water partition coefficient (Wildman–Crippen LogP) is 2.89. The highest BCUT2D eigenvalue weighted by molar-refractivity contribution is 5.90. The SMILES string of the molecule is CCOC(=O)C1=CN(c2ccc(F)cc2F)C2NC(N3CCC(=O)C3)=C(F)C=C2C1. The Morgan fingerprint density at radius 1 is 1.30 bits per heavy atom. The number of anilines is 1. The minimum Gasteiger partial charge on any atom is -0.463 e. The molecule has 1 aromatic rings. The van der Waals surface area contributed by atoms with Crippen LogP contribution in [-0.4, -0.2) is 42.5 Å². The van der Waals surface area contributed by atoms with Gasteiger partial charge in [-0.05, 0) is 30.7 Å². The van der Waals surface area contributed by atoms with Crippen molar-refractivity contribution in [2.24, 2.45) is 0 Å². The Morgan fingerprint density at radius 2 is 2.10 bits per heavy atom. The van der Waals surface area contributed by atoms with Gasteiger partial charge >= 0.3 is 5.97 Å². The van der Waals surface area contributed by atoms with Crippen molar-refractivity contribution in [2.45, 2.75) is 25.9 Å². The number of hydrogen-bond donors (Lipinski definition) is 1. The van der Waals surface area contributed by atoms with E-state index < -0.39 is 29.6 Å². The predicted molar refractivity (Wildman–Crippen MR) is 103 cm³/mol. The quantitative estimate of drug-likeness (QED) is 0.758. The first-order valence-corrected chi connectivity index (χ1v) is 9.62. The van der Waals surface area contributed by atoms with Gasteiger partial charge in [-0.15, -0.1) is 0 Å². The molecule has 6 nitrogen and oxygen atoms in total. The second kappa shape index (κ2) is 7.89. The Balaban J connectivity index is 1.75. The van der Waals surface area contributed by atoms with Crippen LogP contribution in [0.4, 0.5) is 18.9 Å². The number of esters is 1. The van der Waals surface area contributed by atoms with Crippen molar-refractivity contribution in [1.29, 1.82) is 0 Å². The van der Waals surface area contributed by atoms with Gasteiger partial charge in [-0.2, -0.15) is 0 Å². The molecule has 3 heterocycles. The molecule has 3 aliphatic rings. The first-order chi connectivity index (χ1) is 14.4. The van der Waals surface area contributed by atoms with E-state index in [0.29, 0.717) is 18.5 Å². The summed E-state index contributed by atoms with van der Waals surface area (Å²) in [5, 5.41) is 3.03. The van der Waals surface area contributed by atoms with Gasteiger partial charge in [0.1, 0.15) is 23.6 Å². The van der Waals surface area contributed by atoms with Crippen LogP contribution in [0.1, 0.15) is 19.8 Å². The van der Waals surface area contributed by atoms with E-state index in [1.165, 1.54) is 23.2 Å². The molecule has 4 rings (SSSR count). The summed E-state index contributed by atoms with van der Waals surface area (Å²) in [6.07, 6.45) is 2.44. The minimum absolute atomic E-state index is 0.00134. The number of hydrogen-bond acceptors (Lipinski definition) is 6. The zero-order chi connectivity index (χ0) is 21.4. The molecular weight excluding hydrogens is 399 g/mol. The van der Waals surface area contributed by atoms with Crippen molar-refractivity contribution in [3.8, 4) is 0 Å². The maximum absolute atomic E-state index is 14.8. The highest BCUT2D eigenvalue weighted by atomic mass is 19.1. The maximum Gasteiger partial charge on any atom is 0.335 e. The van der Waals surface area contributed by atoms with E-state index in [-0.39, 0.29) is 42.4 Å². The van der Waals surface area contributed by atoms with Gasteiger partial charge in [0, 0.05) is 31.7 Å². The summed E-state index contributed by atoms with van der Waals surface area (Å²) >= 11 is 0. The second-order valence-electron chi connectivity index (χ2n) is 7.23. The Kier molecular flexibility index (Phi) is 5.27. The number of ether oxygens (including phenoxy) is 1. The fourth-order valence-electron chi connectivity index (χ4n) is 3.82. The molecule has 158 valence electrons. The number of nitrogens with zero attached hydrogens (tertiary/aromatic N) is 2. The van der Waals surface area contributed by atoms with E-state index in [2.05, 4.69) is 5.32 Å². The molecule has 0 aliphatic carbocycles. The van der Waals surface area contributed by atoms with Crippen molar-refractivity contribution in [1.82, 2.24) is 10.2 Å². The summed E-state index contributed by atoms with van der Waals surface area (Å²) in [5.74, 6) is -2.59. The number of nitrogens with one attached hydrogen (secondary N) is 1. The third-order valence-electron chi connectivity index (χ3n) is 5.20. The van der Waals surface area contributed by atoms with Gasteiger partial charge in [-0.1, -0.05) is 0 Å². The Bertz CT molecular complexity index is 1000. The van der Waals surface area contributed by atoms with Crippen LogP contribution in [0, 0.1) is 11.6 Å². The first-order valence-electron chi connectivity index (χ1n) is 9.62. The van der Waals surface area contributed by atoms with Crippen molar-refractivity contribution in [3.63, 3.8) is 0 Å². The van der Waals surface area contributed by atoms with Crippen molar-refractivity contribution in [2.75, 3.05) is 24.6 Å². The summed E-state index contributed by atoms with van der Waals surface area (Å²) < 4.78 is 47.9. The molecule has 0 spiro atoms. The van der Waals surface area contributed by atoms with E-state index >= 15 is 0 Å². The second-order valence-corrected chi connectivity index (χ2v) is 7.23. The fourth-order valence-corrected chi connectivity index (χ4v) is 3.82. The van der Waals surface area contributed by atoms with Crippen LogP contribution >= 0.6 is 0 Å². The smallest absolute Gasteiger partial charge is 0.335 e. The summed E-state index contributed by atoms with van der Waals surface area (Å²) in [7, 11) is 0. The number of benzene rings is 1. The third kappa shape index (κ3) is 3.67. The van der Waals surface area contributed by atoms with Crippen LogP contribution in [0.25, 0.3) is 0 Å². The van der Waals surface area contributed by atoms with Crippen LogP contribution in [0.2, 0.25) is 0 Å². The number of allylic oxidation sites excluding steroid dienone is 2. The van der Waals surface area contributed by atoms with Gasteiger partial charge in [0.2, 0.25) is 0 Å². The summed E-state index contributed by atoms with van der Waals surface area (Å²) in [4.78, 5) is 27.0. The van der Waals surface area contributed by atoms with E-state index in [4.69, 9.17) is 4.74 Å². The molecule has 9 heteroatoms. The summed E-state index contributed by atoms with van der Waals surface area (Å²) in [5.41, 5.74) is 0.717. The van der Waals surface area contributed by atoms with E-state index in [1.54, 1.807) is 11.8 Å². The average molecular weight is 419 g/mol. The summed E-state index contributed by atoms with van der Waals surface area (Å²) in [6, 6.07) is 3.10. The number of carbonyl (C=O) groups excluding carboxylic acids is 2. The first kappa shape index (κ1) is 20.1. The maximum atomic E-state index is 14.8. The monoisotopic (exact) mass is 419 g/mol. The molecule has 3 aliphatic heterocycles. The number of fused-ring (bicyclic) bond motifs is 1. The molecule has 0 aromatic heterocycles. The van der Waals surface area contributed by atoms with Gasteiger partial charge in [-0.3, -0.25) is 4.79 Å². The number of rotatable bonds is 4. The van der Waals surface area contributed by atoms with Crippen molar-refractivity contribution < 1.29 is 27.5 Å². The molecular formula is C21H20F3N3O3. The average Bonchev–Trinajstić information content (AvgIpc) is 3.13. The van der Waals surface area contributed by atoms with Crippen LogP contribution in [0.15, 0.2) is 53.3 Å². The molecule has 1 atom stereocenters. The zero-order valence-corrected chi connectivity index (χ0v) is 16.3. The van der Waals surface area contributed by atoms with Crippen molar-refractivity contribution in [3.05, 3.63) is 64.9 Å². The van der Waals surface area contributed by atoms with Crippen LogP contribution in [0.5, 0.6) is 0 Å². The topological polar surface area (TPSA) is 61.9 Å². The number of likely N-dealkylation sites (tertiary alicyclic amines) is 1. The number of halogens is 3. The van der Waals surface area contributed by atoms with Crippen molar-refractivity contribution >= 4 is 17.4 Å². The Hall–Kier alpha value is -3.23. The minimum atomic E-state index is -0.828. The number of carbonyl (C=O) groups is 2. The van der Waals surface area contributed by atoms with Crippen LogP contribution in [0.3, 0.4) is 0 Å². The molecule has 1 saturated heterocycles. The van der Waals surface area contributed by atoms with Gasteiger partial charge in [0.25, 0.3) is 0 Å². The molecule has 0 amide bonds. The molecule has 0 saturated carbocycles. The third-order valence-corrected chi connectivity index (χ3v) is 5.20. The van der Waals surface area contributed by atoms with E-state index in [9.17, 15) is 22.8 Å². The zero-order valence-electron chi connectivity index (χ0n) is 16.3. The molecule has 30 heavy (non-hydrogen) atoms. The lowest BCUT2D eigenvalue weighted by molar-refractivity contribution is -0.138. The highest BCUT2D eigenvalue weighted by Gasteiger charge is 2.37. The largest absolute Gasteiger partial charge is 0.463 e. The molecule has 1 unspecified atom stereocenters. The summed E-state index contributed by atoms with van der Waals surface area (Å²) in [6.45, 7) is 2.28. The van der Waals surface area contributed by atoms with Crippen LogP contribution < -0.4 is 10.2 Å². The Labute approximate surface area is 171 Å². The molecule has 1 N–H and O–H groups in total. The van der Waals surface area contributed by atoms with Gasteiger partial charge in [0.05, 0.1) is 24.4 Å². The van der Waals surface area contributed by atoms with Crippen LogP contribution in [-0.2, 0) is 14.3 Å². The lowest BCUT2D eigenvalue weighted by atomic mass is 9.95. The standard InChI is InChI=1S/C21H20F3N3O3/c1-2-30-21(29)13-7-12-8-17(24)20(26-6-5-15(28)11-26)25-19(12)27(10-13)18-4-3-14(22)9-16(18)23/h3-4,8-10,19,25H,2,5-7,11H2,1H3. The van der Waals surface area contributed by atoms with E-state index in [0.717, 1.165) is 12.1 Å². The number of Topliss-reactive ketones (excluding diaryl/α,β-unsaturated/α-hetero) is 1. The van der Waals surface area contributed by atoms with Gasteiger partial charge in [-0.25, -0.2) is 18.0 Å². The fraction of sp³-hybridized carbons (Fsp3) is 0.333. The molecule has 0 radical (unpaired) electrons. The molecule has 1 aromatic carbocycles. The van der Waals surface area contributed by atoms with E-state index in [1.807, 2.05) is 0 Å². The number of dihydropyridines is 1. The number of ketones is 1. The van der Waals surface area contributed by atoms with Gasteiger partial charge in [0.15, 0.2) is 11.6 Å². The Morgan fingerprint density at radius 3 is 2.77 bits per heavy atom. The highest BCUT2D eigenvalue weighted by Crippen LogP contribution is 2.36.